The van der Waals surface area contributed by atoms with E-state index < -0.39 is 39.8 Å². The highest BCUT2D eigenvalue weighted by atomic mass is 32.2. The number of nitrogens with one attached hydrogen (secondary N) is 2. The summed E-state index contributed by atoms with van der Waals surface area (Å²) in [4.78, 5) is 50.2. The lowest BCUT2D eigenvalue weighted by atomic mass is 10.0. The molecule has 10 nitrogen and oxygen atoms in total. The van der Waals surface area contributed by atoms with Crippen LogP contribution < -0.4 is 10.6 Å². The van der Waals surface area contributed by atoms with Gasteiger partial charge in [0.2, 0.25) is 11.8 Å². The van der Waals surface area contributed by atoms with E-state index >= 15 is 0 Å². The van der Waals surface area contributed by atoms with E-state index in [0.717, 1.165) is 23.3 Å². The summed E-state index contributed by atoms with van der Waals surface area (Å²) in [5, 5.41) is 5.37. The largest absolute Gasteiger partial charge is 0.385 e. The van der Waals surface area contributed by atoms with Crippen molar-refractivity contribution < 1.29 is 31.8 Å². The fourth-order valence-corrected chi connectivity index (χ4v) is 5.10. The van der Waals surface area contributed by atoms with Crippen molar-refractivity contribution >= 4 is 39.4 Å². The summed E-state index contributed by atoms with van der Waals surface area (Å²) in [6.45, 7) is 2.53. The van der Waals surface area contributed by atoms with Gasteiger partial charge in [0.15, 0.2) is 0 Å². The van der Waals surface area contributed by atoms with Crippen LogP contribution in [0.1, 0.15) is 58.4 Å². The molecule has 0 aromatic heterocycles. The monoisotopic (exact) mass is 513 g/mol. The van der Waals surface area contributed by atoms with E-state index in [1.807, 2.05) is 6.92 Å². The van der Waals surface area contributed by atoms with Crippen molar-refractivity contribution in [2.45, 2.75) is 50.0 Å². The molecule has 1 atom stereocenters. The second kappa shape index (κ2) is 10.6. The molecule has 1 fully saturated rings. The number of imide groups is 2. The molecule has 0 radical (unpaired) electrons. The summed E-state index contributed by atoms with van der Waals surface area (Å²) in [6, 6.07) is 10.3. The smallest absolute Gasteiger partial charge is 0.296 e. The average molecular weight is 514 g/mol. The summed E-state index contributed by atoms with van der Waals surface area (Å²) in [7, 11) is -3.77. The van der Waals surface area contributed by atoms with Gasteiger partial charge >= 0.3 is 0 Å². The van der Waals surface area contributed by atoms with E-state index in [4.69, 9.17) is 4.18 Å². The van der Waals surface area contributed by atoms with Gasteiger partial charge in [-0.05, 0) is 62.9 Å². The number of nitrogens with zero attached hydrogens (tertiary/aromatic N) is 1. The molecule has 1 saturated heterocycles. The fourth-order valence-electron chi connectivity index (χ4n) is 4.16. The zero-order chi connectivity index (χ0) is 25.9. The highest BCUT2D eigenvalue weighted by Crippen LogP contribution is 2.29. The lowest BCUT2D eigenvalue weighted by molar-refractivity contribution is -0.136. The number of amides is 4. The Hall–Kier alpha value is -3.57. The third-order valence-electron chi connectivity index (χ3n) is 6.14. The van der Waals surface area contributed by atoms with Crippen molar-refractivity contribution in [2.75, 3.05) is 18.5 Å². The predicted molar refractivity (Wildman–Crippen MR) is 130 cm³/mol. The molecule has 2 aromatic rings. The Morgan fingerprint density at radius 2 is 1.69 bits per heavy atom. The zero-order valence-corrected chi connectivity index (χ0v) is 20.6. The van der Waals surface area contributed by atoms with Crippen LogP contribution in [0.25, 0.3) is 0 Å². The van der Waals surface area contributed by atoms with Crippen LogP contribution in [0.5, 0.6) is 0 Å². The van der Waals surface area contributed by atoms with E-state index in [0.29, 0.717) is 18.7 Å². The minimum absolute atomic E-state index is 0.0690. The first-order valence-corrected chi connectivity index (χ1v) is 13.1. The number of hydrogen-bond donors (Lipinski definition) is 2. The lowest BCUT2D eigenvalue weighted by Gasteiger charge is -2.27. The van der Waals surface area contributed by atoms with Crippen LogP contribution in [-0.4, -0.2) is 56.1 Å². The molecule has 36 heavy (non-hydrogen) atoms. The van der Waals surface area contributed by atoms with E-state index in [-0.39, 0.29) is 35.5 Å². The summed E-state index contributed by atoms with van der Waals surface area (Å²) in [5.41, 5.74) is 2.05. The van der Waals surface area contributed by atoms with E-state index in [2.05, 4.69) is 10.6 Å². The van der Waals surface area contributed by atoms with Crippen molar-refractivity contribution in [2.24, 2.45) is 0 Å². The number of unbranched alkanes of at least 4 members (excludes halogenated alkanes) is 2. The SMILES string of the molecule is Cc1ccc(S(=O)(=O)OCCCCCNc2ccc3c(c2)C(=O)N(C2CCC(=O)NC2=O)C3=O)cc1. The van der Waals surface area contributed by atoms with Crippen LogP contribution in [0.15, 0.2) is 47.4 Å². The number of carbonyl (C=O) groups excluding carboxylic acids is 4. The van der Waals surface area contributed by atoms with Gasteiger partial charge in [-0.1, -0.05) is 17.7 Å². The Kier molecular flexibility index (Phi) is 7.51. The summed E-state index contributed by atoms with van der Waals surface area (Å²) in [6.07, 6.45) is 2.20. The maximum atomic E-state index is 12.9. The molecule has 190 valence electrons. The van der Waals surface area contributed by atoms with Crippen LogP contribution in [0.4, 0.5) is 5.69 Å². The molecule has 2 aromatic carbocycles. The first-order valence-electron chi connectivity index (χ1n) is 11.7. The van der Waals surface area contributed by atoms with Crippen molar-refractivity contribution in [3.8, 4) is 0 Å². The van der Waals surface area contributed by atoms with Gasteiger partial charge in [-0.25, -0.2) is 0 Å². The minimum atomic E-state index is -3.77. The standard InChI is InChI=1S/C25H27N3O7S/c1-16-5-8-18(9-6-16)36(33,34)35-14-4-2-3-13-26-17-7-10-19-20(15-17)25(32)28(24(19)31)21-11-12-22(29)27-23(21)30/h5-10,15,21,26H,2-4,11-14H2,1H3,(H,27,29,30). The molecule has 2 aliphatic rings. The summed E-state index contributed by atoms with van der Waals surface area (Å²) >= 11 is 0. The van der Waals surface area contributed by atoms with E-state index in [9.17, 15) is 27.6 Å². The minimum Gasteiger partial charge on any atom is -0.385 e. The van der Waals surface area contributed by atoms with Crippen molar-refractivity contribution in [1.82, 2.24) is 10.2 Å². The van der Waals surface area contributed by atoms with Gasteiger partial charge < -0.3 is 5.32 Å². The van der Waals surface area contributed by atoms with Crippen molar-refractivity contribution in [3.05, 3.63) is 59.2 Å². The molecule has 2 aliphatic heterocycles. The number of rotatable bonds is 10. The maximum absolute atomic E-state index is 12.9. The Labute approximate surface area is 209 Å². The number of fused-ring (bicyclic) bond motifs is 1. The van der Waals surface area contributed by atoms with Crippen LogP contribution in [0.2, 0.25) is 0 Å². The van der Waals surface area contributed by atoms with Gasteiger partial charge in [-0.15, -0.1) is 0 Å². The molecule has 2 heterocycles. The van der Waals surface area contributed by atoms with E-state index in [1.54, 1.807) is 30.3 Å². The third kappa shape index (κ3) is 5.47. The number of benzene rings is 2. The van der Waals surface area contributed by atoms with E-state index in [1.165, 1.54) is 12.1 Å². The van der Waals surface area contributed by atoms with Crippen LogP contribution >= 0.6 is 0 Å². The maximum Gasteiger partial charge on any atom is 0.296 e. The number of anilines is 1. The number of piperidine rings is 1. The zero-order valence-electron chi connectivity index (χ0n) is 19.8. The molecule has 0 bridgehead atoms. The number of carbonyl (C=O) groups is 4. The Morgan fingerprint density at radius 3 is 2.42 bits per heavy atom. The topological polar surface area (TPSA) is 139 Å². The van der Waals surface area contributed by atoms with Crippen LogP contribution in [0, 0.1) is 6.92 Å². The highest BCUT2D eigenvalue weighted by molar-refractivity contribution is 7.86. The summed E-state index contributed by atoms with van der Waals surface area (Å²) < 4.78 is 29.5. The first-order chi connectivity index (χ1) is 17.2. The molecule has 4 amide bonds. The van der Waals surface area contributed by atoms with Gasteiger partial charge in [0.1, 0.15) is 6.04 Å². The second-order valence-corrected chi connectivity index (χ2v) is 10.4. The van der Waals surface area contributed by atoms with Gasteiger partial charge in [0.05, 0.1) is 22.6 Å². The molecule has 0 spiro atoms. The Balaban J connectivity index is 1.23. The lowest BCUT2D eigenvalue weighted by Crippen LogP contribution is -2.54. The third-order valence-corrected chi connectivity index (χ3v) is 7.46. The van der Waals surface area contributed by atoms with Crippen LogP contribution in [-0.2, 0) is 23.9 Å². The molecule has 0 saturated carbocycles. The molecule has 0 aliphatic carbocycles. The quantitative estimate of drug-likeness (QED) is 0.281. The Bertz CT molecular complexity index is 1310. The first kappa shape index (κ1) is 25.5. The van der Waals surface area contributed by atoms with Crippen LogP contribution in [0.3, 0.4) is 0 Å². The number of aryl methyl sites for hydroxylation is 1. The van der Waals surface area contributed by atoms with Crippen molar-refractivity contribution in [3.63, 3.8) is 0 Å². The molecule has 4 rings (SSSR count). The Morgan fingerprint density at radius 1 is 0.972 bits per heavy atom. The fraction of sp³-hybridized carbons (Fsp3) is 0.360. The van der Waals surface area contributed by atoms with Gasteiger partial charge in [0, 0.05) is 18.7 Å². The number of hydrogen-bond acceptors (Lipinski definition) is 8. The van der Waals surface area contributed by atoms with Gasteiger partial charge in [-0.3, -0.25) is 33.6 Å². The molecule has 11 heteroatoms. The van der Waals surface area contributed by atoms with Crippen molar-refractivity contribution in [1.29, 1.82) is 0 Å². The molecule has 2 N–H and O–H groups in total. The average Bonchev–Trinajstić information content (AvgIpc) is 3.08. The van der Waals surface area contributed by atoms with Gasteiger partial charge in [0.25, 0.3) is 21.9 Å². The molecular formula is C25H27N3O7S. The predicted octanol–water partition coefficient (Wildman–Crippen LogP) is 2.38. The molecule has 1 unspecified atom stereocenters. The second-order valence-electron chi connectivity index (χ2n) is 8.78. The van der Waals surface area contributed by atoms with Gasteiger partial charge in [-0.2, -0.15) is 8.42 Å². The highest BCUT2D eigenvalue weighted by Gasteiger charge is 2.44. The summed E-state index contributed by atoms with van der Waals surface area (Å²) in [5.74, 6) is -2.16. The molecular weight excluding hydrogens is 486 g/mol. The normalized spacial score (nSPS) is 17.8.